The van der Waals surface area contributed by atoms with E-state index in [0.717, 1.165) is 17.9 Å². The average Bonchev–Trinajstić information content (AvgIpc) is 2.12. The summed E-state index contributed by atoms with van der Waals surface area (Å²) in [6.07, 6.45) is 0. The molecule has 0 amide bonds. The molecule has 0 aliphatic carbocycles. The lowest BCUT2D eigenvalue weighted by molar-refractivity contribution is 0.501. The van der Waals surface area contributed by atoms with Crippen molar-refractivity contribution in [2.24, 2.45) is 0 Å². The van der Waals surface area contributed by atoms with Crippen molar-refractivity contribution >= 4 is 11.4 Å². The van der Waals surface area contributed by atoms with Gasteiger partial charge in [0.15, 0.2) is 0 Å². The lowest BCUT2D eigenvalue weighted by Gasteiger charge is -2.43. The van der Waals surface area contributed by atoms with E-state index in [1.807, 2.05) is 13.1 Å². The predicted octanol–water partition coefficient (Wildman–Crippen LogP) is 2.47. The Hall–Kier alpha value is -1.25. The van der Waals surface area contributed by atoms with Crippen LogP contribution in [-0.2, 0) is 0 Å². The van der Waals surface area contributed by atoms with Crippen LogP contribution in [0.2, 0.25) is 0 Å². The molecule has 1 aromatic rings. The second-order valence-electron chi connectivity index (χ2n) is 4.39. The van der Waals surface area contributed by atoms with E-state index in [1.54, 1.807) is 6.07 Å². The van der Waals surface area contributed by atoms with E-state index < -0.39 is 0 Å². The van der Waals surface area contributed by atoms with Crippen molar-refractivity contribution in [3.63, 3.8) is 0 Å². The van der Waals surface area contributed by atoms with Gasteiger partial charge in [0.1, 0.15) is 5.82 Å². The quantitative estimate of drug-likeness (QED) is 0.682. The van der Waals surface area contributed by atoms with Gasteiger partial charge < -0.3 is 10.2 Å². The normalized spacial score (nSPS) is 18.7. The SMILES string of the molecule is CN1c2ccc(F)cc2NCC1(C)C. The third kappa shape index (κ3) is 1.33. The van der Waals surface area contributed by atoms with Crippen LogP contribution < -0.4 is 10.2 Å². The lowest BCUT2D eigenvalue weighted by atomic mass is 9.98. The van der Waals surface area contributed by atoms with Crippen LogP contribution in [0.25, 0.3) is 0 Å². The van der Waals surface area contributed by atoms with E-state index in [4.69, 9.17) is 0 Å². The van der Waals surface area contributed by atoms with Gasteiger partial charge >= 0.3 is 0 Å². The molecule has 0 saturated carbocycles. The number of nitrogens with zero attached hydrogens (tertiary/aromatic N) is 1. The zero-order chi connectivity index (χ0) is 10.3. The Morgan fingerprint density at radius 1 is 1.43 bits per heavy atom. The molecule has 2 nitrogen and oxygen atoms in total. The minimum atomic E-state index is -0.190. The van der Waals surface area contributed by atoms with Crippen molar-refractivity contribution in [3.05, 3.63) is 24.0 Å². The number of nitrogens with one attached hydrogen (secondary N) is 1. The number of rotatable bonds is 0. The second-order valence-corrected chi connectivity index (χ2v) is 4.39. The first kappa shape index (κ1) is 9.31. The van der Waals surface area contributed by atoms with Gasteiger partial charge in [-0.05, 0) is 32.0 Å². The van der Waals surface area contributed by atoms with Crippen LogP contribution in [0.5, 0.6) is 0 Å². The number of benzene rings is 1. The minimum absolute atomic E-state index is 0.0742. The Balaban J connectivity index is 2.46. The Morgan fingerprint density at radius 3 is 2.86 bits per heavy atom. The van der Waals surface area contributed by atoms with E-state index in [2.05, 4.69) is 24.1 Å². The van der Waals surface area contributed by atoms with Gasteiger partial charge in [0, 0.05) is 13.6 Å². The molecular formula is C11H15FN2. The largest absolute Gasteiger partial charge is 0.381 e. The zero-order valence-electron chi connectivity index (χ0n) is 8.76. The molecule has 1 heterocycles. The van der Waals surface area contributed by atoms with E-state index in [-0.39, 0.29) is 11.4 Å². The molecule has 1 N–H and O–H groups in total. The van der Waals surface area contributed by atoms with Crippen LogP contribution in [0, 0.1) is 5.82 Å². The van der Waals surface area contributed by atoms with Gasteiger partial charge in [-0.2, -0.15) is 0 Å². The molecule has 0 bridgehead atoms. The van der Waals surface area contributed by atoms with Crippen LogP contribution >= 0.6 is 0 Å². The summed E-state index contributed by atoms with van der Waals surface area (Å²) in [4.78, 5) is 2.18. The molecule has 0 fully saturated rings. The number of hydrogen-bond acceptors (Lipinski definition) is 2. The van der Waals surface area contributed by atoms with Crippen LogP contribution in [0.15, 0.2) is 18.2 Å². The van der Waals surface area contributed by atoms with Crippen molar-refractivity contribution in [2.45, 2.75) is 19.4 Å². The molecular weight excluding hydrogens is 179 g/mol. The molecule has 1 aromatic carbocycles. The first-order chi connectivity index (χ1) is 6.50. The maximum atomic E-state index is 13.0. The van der Waals surface area contributed by atoms with Gasteiger partial charge in [0.2, 0.25) is 0 Å². The molecule has 0 aromatic heterocycles. The van der Waals surface area contributed by atoms with Crippen LogP contribution in [0.4, 0.5) is 15.8 Å². The zero-order valence-corrected chi connectivity index (χ0v) is 8.76. The molecule has 1 aliphatic rings. The Morgan fingerprint density at radius 2 is 2.14 bits per heavy atom. The van der Waals surface area contributed by atoms with Crippen molar-refractivity contribution in [2.75, 3.05) is 23.8 Å². The summed E-state index contributed by atoms with van der Waals surface area (Å²) in [6, 6.07) is 4.86. The monoisotopic (exact) mass is 194 g/mol. The fourth-order valence-electron chi connectivity index (χ4n) is 1.70. The van der Waals surface area contributed by atoms with Crippen LogP contribution in [-0.4, -0.2) is 19.1 Å². The fourth-order valence-corrected chi connectivity index (χ4v) is 1.70. The fraction of sp³-hybridized carbons (Fsp3) is 0.455. The van der Waals surface area contributed by atoms with Gasteiger partial charge in [-0.3, -0.25) is 0 Å². The summed E-state index contributed by atoms with van der Waals surface area (Å²) in [5.41, 5.74) is 2.01. The topological polar surface area (TPSA) is 15.3 Å². The summed E-state index contributed by atoms with van der Waals surface area (Å²) < 4.78 is 13.0. The Kier molecular flexibility index (Phi) is 1.91. The summed E-state index contributed by atoms with van der Waals surface area (Å²) in [7, 11) is 2.04. The van der Waals surface area contributed by atoms with Gasteiger partial charge in [-0.25, -0.2) is 4.39 Å². The molecule has 3 heteroatoms. The van der Waals surface area contributed by atoms with Gasteiger partial charge in [-0.15, -0.1) is 0 Å². The summed E-state index contributed by atoms with van der Waals surface area (Å²) in [5, 5.41) is 3.24. The molecule has 1 aliphatic heterocycles. The predicted molar refractivity (Wildman–Crippen MR) is 57.4 cm³/mol. The van der Waals surface area contributed by atoms with Crippen molar-refractivity contribution in [1.82, 2.24) is 0 Å². The third-order valence-corrected chi connectivity index (χ3v) is 2.94. The highest BCUT2D eigenvalue weighted by molar-refractivity contribution is 5.73. The van der Waals surface area contributed by atoms with Crippen LogP contribution in [0.3, 0.4) is 0 Å². The summed E-state index contributed by atoms with van der Waals surface area (Å²) >= 11 is 0. The van der Waals surface area contributed by atoms with E-state index in [1.165, 1.54) is 6.07 Å². The van der Waals surface area contributed by atoms with Crippen molar-refractivity contribution in [1.29, 1.82) is 0 Å². The number of halogens is 1. The number of likely N-dealkylation sites (N-methyl/N-ethyl adjacent to an activating group) is 1. The number of hydrogen-bond donors (Lipinski definition) is 1. The molecule has 0 atom stereocenters. The lowest BCUT2D eigenvalue weighted by Crippen LogP contribution is -2.50. The van der Waals surface area contributed by atoms with E-state index >= 15 is 0 Å². The molecule has 0 radical (unpaired) electrons. The summed E-state index contributed by atoms with van der Waals surface area (Å²) in [6.45, 7) is 5.15. The molecule has 14 heavy (non-hydrogen) atoms. The molecule has 0 spiro atoms. The maximum Gasteiger partial charge on any atom is 0.125 e. The average molecular weight is 194 g/mol. The highest BCUT2D eigenvalue weighted by Gasteiger charge is 2.29. The molecule has 0 unspecified atom stereocenters. The minimum Gasteiger partial charge on any atom is -0.381 e. The van der Waals surface area contributed by atoms with Gasteiger partial charge in [-0.1, -0.05) is 0 Å². The van der Waals surface area contributed by atoms with Crippen LogP contribution in [0.1, 0.15) is 13.8 Å². The number of anilines is 2. The van der Waals surface area contributed by atoms with E-state index in [0.29, 0.717) is 0 Å². The Bertz CT molecular complexity index is 360. The Labute approximate surface area is 83.7 Å². The molecule has 76 valence electrons. The van der Waals surface area contributed by atoms with E-state index in [9.17, 15) is 4.39 Å². The smallest absolute Gasteiger partial charge is 0.125 e. The first-order valence-corrected chi connectivity index (χ1v) is 4.78. The molecule has 0 saturated heterocycles. The first-order valence-electron chi connectivity index (χ1n) is 4.78. The number of fused-ring (bicyclic) bond motifs is 1. The second kappa shape index (κ2) is 2.87. The highest BCUT2D eigenvalue weighted by atomic mass is 19.1. The van der Waals surface area contributed by atoms with Gasteiger partial charge in [0.05, 0.1) is 16.9 Å². The highest BCUT2D eigenvalue weighted by Crippen LogP contribution is 2.34. The maximum absolute atomic E-state index is 13.0. The van der Waals surface area contributed by atoms with Crippen molar-refractivity contribution in [3.8, 4) is 0 Å². The third-order valence-electron chi connectivity index (χ3n) is 2.94. The van der Waals surface area contributed by atoms with Crippen molar-refractivity contribution < 1.29 is 4.39 Å². The van der Waals surface area contributed by atoms with Gasteiger partial charge in [0.25, 0.3) is 0 Å². The standard InChI is InChI=1S/C11H15FN2/c1-11(2)7-13-9-6-8(12)4-5-10(9)14(11)3/h4-6,13H,7H2,1-3H3. The molecule has 2 rings (SSSR count). The summed E-state index contributed by atoms with van der Waals surface area (Å²) in [5.74, 6) is -0.190.